The zero-order chi connectivity index (χ0) is 18.1. The summed E-state index contributed by atoms with van der Waals surface area (Å²) in [5, 5.41) is 9.79. The van der Waals surface area contributed by atoms with E-state index in [0.717, 1.165) is 18.4 Å². The Bertz CT molecular complexity index is 958. The van der Waals surface area contributed by atoms with Crippen LogP contribution in [0.2, 0.25) is 5.02 Å². The number of aromatic amines is 1. The highest BCUT2D eigenvalue weighted by molar-refractivity contribution is 7.71. The third-order valence-electron chi connectivity index (χ3n) is 4.37. The van der Waals surface area contributed by atoms with Gasteiger partial charge in [-0.25, -0.2) is 0 Å². The molecule has 1 saturated carbocycles. The predicted octanol–water partition coefficient (Wildman–Crippen LogP) is 4.51. The van der Waals surface area contributed by atoms with Crippen molar-refractivity contribution in [2.45, 2.75) is 32.0 Å². The number of halogens is 1. The molecule has 0 saturated heterocycles. The van der Waals surface area contributed by atoms with E-state index in [0.29, 0.717) is 28.2 Å². The lowest BCUT2D eigenvalue weighted by molar-refractivity contribution is -0.133. The summed E-state index contributed by atoms with van der Waals surface area (Å²) in [6.07, 6.45) is 2.13. The van der Waals surface area contributed by atoms with E-state index in [1.807, 2.05) is 28.5 Å². The van der Waals surface area contributed by atoms with E-state index in [2.05, 4.69) is 16.3 Å². The number of benzene rings is 1. The first kappa shape index (κ1) is 17.5. The number of hydrogen-bond acceptors (Lipinski definition) is 4. The second-order valence-electron chi connectivity index (χ2n) is 6.28. The van der Waals surface area contributed by atoms with Gasteiger partial charge in [0.05, 0.1) is 6.54 Å². The van der Waals surface area contributed by atoms with Crippen molar-refractivity contribution >= 4 is 41.1 Å². The van der Waals surface area contributed by atoms with E-state index in [1.54, 1.807) is 28.0 Å². The largest absolute Gasteiger partial charge is 0.333 e. The number of amides is 1. The van der Waals surface area contributed by atoms with Crippen LogP contribution in [0.5, 0.6) is 0 Å². The fourth-order valence-electron chi connectivity index (χ4n) is 2.89. The van der Waals surface area contributed by atoms with Gasteiger partial charge in [0.15, 0.2) is 10.6 Å². The van der Waals surface area contributed by atoms with Gasteiger partial charge in [0, 0.05) is 21.5 Å². The summed E-state index contributed by atoms with van der Waals surface area (Å²) in [6.45, 7) is 0.831. The van der Waals surface area contributed by atoms with Gasteiger partial charge in [-0.1, -0.05) is 17.7 Å². The average Bonchev–Trinajstić information content (AvgIpc) is 3.23. The Morgan fingerprint density at radius 3 is 2.77 bits per heavy atom. The van der Waals surface area contributed by atoms with Crippen LogP contribution in [0.3, 0.4) is 0 Å². The first-order valence-electron chi connectivity index (χ1n) is 8.35. The maximum absolute atomic E-state index is 13.0. The van der Waals surface area contributed by atoms with Crippen molar-refractivity contribution in [2.75, 3.05) is 0 Å². The molecular formula is C18H17ClN4OS2. The summed E-state index contributed by atoms with van der Waals surface area (Å²) >= 11 is 13.0. The summed E-state index contributed by atoms with van der Waals surface area (Å²) in [5.41, 5.74) is 0.866. The van der Waals surface area contributed by atoms with Crippen molar-refractivity contribution in [1.82, 2.24) is 19.7 Å². The van der Waals surface area contributed by atoms with Crippen molar-refractivity contribution in [1.29, 1.82) is 0 Å². The molecule has 0 spiro atoms. The van der Waals surface area contributed by atoms with Gasteiger partial charge in [-0.3, -0.25) is 14.5 Å². The molecule has 0 aliphatic heterocycles. The Hall–Kier alpha value is -1.96. The highest BCUT2D eigenvalue weighted by Gasteiger charge is 2.33. The molecule has 4 rings (SSSR count). The van der Waals surface area contributed by atoms with Gasteiger partial charge < -0.3 is 4.90 Å². The van der Waals surface area contributed by atoms with Gasteiger partial charge in [0.25, 0.3) is 0 Å². The average molecular weight is 405 g/mol. The molecule has 1 amide bonds. The van der Waals surface area contributed by atoms with E-state index >= 15 is 0 Å². The molecule has 0 radical (unpaired) electrons. The van der Waals surface area contributed by atoms with Gasteiger partial charge in [-0.2, -0.15) is 5.10 Å². The number of carbonyl (C=O) groups is 1. The first-order chi connectivity index (χ1) is 12.6. The molecule has 2 heterocycles. The minimum atomic E-state index is 0.0635. The monoisotopic (exact) mass is 404 g/mol. The number of H-pyrrole nitrogens is 1. The molecule has 26 heavy (non-hydrogen) atoms. The molecule has 0 unspecified atom stereocenters. The van der Waals surface area contributed by atoms with Crippen LogP contribution in [-0.2, 0) is 17.9 Å². The van der Waals surface area contributed by atoms with Gasteiger partial charge in [0.2, 0.25) is 5.91 Å². The predicted molar refractivity (Wildman–Crippen MR) is 106 cm³/mol. The quantitative estimate of drug-likeness (QED) is 0.615. The van der Waals surface area contributed by atoms with Crippen molar-refractivity contribution in [3.63, 3.8) is 0 Å². The molecule has 0 atom stereocenters. The number of aromatic nitrogens is 3. The highest BCUT2D eigenvalue weighted by Crippen LogP contribution is 2.30. The standard InChI is InChI=1S/C18H17ClN4OS2/c19-13-5-3-12(4-6-13)17-20-21-18(25)23(17)11-16(24)22(14-7-8-14)10-15-2-1-9-26-15/h1-6,9,14H,7-8,10-11H2,(H,21,25). The van der Waals surface area contributed by atoms with Crippen LogP contribution < -0.4 is 0 Å². The fraction of sp³-hybridized carbons (Fsp3) is 0.278. The summed E-state index contributed by atoms with van der Waals surface area (Å²) < 4.78 is 2.19. The topological polar surface area (TPSA) is 53.9 Å². The van der Waals surface area contributed by atoms with Crippen molar-refractivity contribution < 1.29 is 4.79 Å². The zero-order valence-corrected chi connectivity index (χ0v) is 16.3. The molecule has 5 nitrogen and oxygen atoms in total. The van der Waals surface area contributed by atoms with Gasteiger partial charge in [-0.15, -0.1) is 11.3 Å². The Kier molecular flexibility index (Phi) is 4.93. The van der Waals surface area contributed by atoms with Gasteiger partial charge >= 0.3 is 0 Å². The maximum atomic E-state index is 13.0. The molecule has 1 aliphatic carbocycles. The Balaban J connectivity index is 1.58. The van der Waals surface area contributed by atoms with E-state index in [9.17, 15) is 4.79 Å². The number of nitrogens with one attached hydrogen (secondary N) is 1. The Morgan fingerprint density at radius 1 is 1.35 bits per heavy atom. The van der Waals surface area contributed by atoms with Gasteiger partial charge in [0.1, 0.15) is 6.54 Å². The van der Waals surface area contributed by atoms with E-state index in [-0.39, 0.29) is 12.5 Å². The molecule has 1 aliphatic rings. The molecule has 3 aromatic rings. The third-order valence-corrected chi connectivity index (χ3v) is 5.79. The van der Waals surface area contributed by atoms with Crippen molar-refractivity contribution in [3.05, 3.63) is 56.4 Å². The zero-order valence-electron chi connectivity index (χ0n) is 13.9. The SMILES string of the molecule is O=C(Cn1c(-c2ccc(Cl)cc2)n[nH]c1=S)N(Cc1cccs1)C1CC1. The lowest BCUT2D eigenvalue weighted by Crippen LogP contribution is -2.35. The fourth-order valence-corrected chi connectivity index (χ4v) is 3.91. The Labute approximate surface area is 165 Å². The Morgan fingerprint density at radius 2 is 2.12 bits per heavy atom. The highest BCUT2D eigenvalue weighted by atomic mass is 35.5. The molecular weight excluding hydrogens is 388 g/mol. The summed E-state index contributed by atoms with van der Waals surface area (Å²) in [6, 6.07) is 11.8. The summed E-state index contributed by atoms with van der Waals surface area (Å²) in [4.78, 5) is 16.2. The number of carbonyl (C=O) groups excluding carboxylic acids is 1. The maximum Gasteiger partial charge on any atom is 0.243 e. The molecule has 0 bridgehead atoms. The van der Waals surface area contributed by atoms with E-state index < -0.39 is 0 Å². The van der Waals surface area contributed by atoms with Crippen LogP contribution in [-0.4, -0.2) is 31.6 Å². The molecule has 1 aromatic carbocycles. The number of nitrogens with zero attached hydrogens (tertiary/aromatic N) is 3. The normalized spacial score (nSPS) is 13.7. The summed E-state index contributed by atoms with van der Waals surface area (Å²) in [7, 11) is 0. The number of rotatable bonds is 6. The lowest BCUT2D eigenvalue weighted by Gasteiger charge is -2.22. The van der Waals surface area contributed by atoms with Crippen molar-refractivity contribution in [3.8, 4) is 11.4 Å². The van der Waals surface area contributed by atoms with Crippen LogP contribution in [0.15, 0.2) is 41.8 Å². The lowest BCUT2D eigenvalue weighted by atomic mass is 10.2. The molecule has 8 heteroatoms. The van der Waals surface area contributed by atoms with E-state index in [4.69, 9.17) is 23.8 Å². The third kappa shape index (κ3) is 3.75. The number of thiophene rings is 1. The molecule has 134 valence electrons. The molecule has 1 N–H and O–H groups in total. The minimum Gasteiger partial charge on any atom is -0.333 e. The minimum absolute atomic E-state index is 0.0635. The summed E-state index contributed by atoms with van der Waals surface area (Å²) in [5.74, 6) is 0.709. The van der Waals surface area contributed by atoms with Crippen LogP contribution in [0.25, 0.3) is 11.4 Å². The number of hydrogen-bond donors (Lipinski definition) is 1. The van der Waals surface area contributed by atoms with Crippen LogP contribution >= 0.6 is 35.2 Å². The smallest absolute Gasteiger partial charge is 0.243 e. The molecule has 2 aromatic heterocycles. The van der Waals surface area contributed by atoms with E-state index in [1.165, 1.54) is 4.88 Å². The first-order valence-corrected chi connectivity index (χ1v) is 10.0. The second-order valence-corrected chi connectivity index (χ2v) is 8.13. The van der Waals surface area contributed by atoms with Crippen LogP contribution in [0, 0.1) is 4.77 Å². The molecule has 1 fully saturated rings. The van der Waals surface area contributed by atoms with Crippen molar-refractivity contribution in [2.24, 2.45) is 0 Å². The van der Waals surface area contributed by atoms with Crippen LogP contribution in [0.1, 0.15) is 17.7 Å². The van der Waals surface area contributed by atoms with Crippen LogP contribution in [0.4, 0.5) is 0 Å². The second kappa shape index (κ2) is 7.34. The van der Waals surface area contributed by atoms with Gasteiger partial charge in [-0.05, 0) is 60.8 Å².